The second-order valence-electron chi connectivity index (χ2n) is 7.00. The Balaban J connectivity index is 1.64. The van der Waals surface area contributed by atoms with E-state index in [9.17, 15) is 8.42 Å². The average Bonchev–Trinajstić information content (AvgIpc) is 3.03. The number of H-pyrrole nitrogens is 1. The van der Waals surface area contributed by atoms with E-state index in [-0.39, 0.29) is 0 Å². The number of nitrogens with one attached hydrogen (secondary N) is 2. The van der Waals surface area contributed by atoms with Crippen LogP contribution in [0.15, 0.2) is 53.4 Å². The molecule has 3 aromatic rings. The van der Waals surface area contributed by atoms with Crippen LogP contribution < -0.4 is 4.72 Å². The first kappa shape index (κ1) is 20.2. The molecule has 0 unspecified atom stereocenters. The van der Waals surface area contributed by atoms with Gasteiger partial charge in [-0.1, -0.05) is 35.9 Å². The fourth-order valence-electron chi connectivity index (χ4n) is 3.39. The molecule has 1 heterocycles. The van der Waals surface area contributed by atoms with Crippen molar-refractivity contribution in [2.75, 3.05) is 6.54 Å². The number of aryl methyl sites for hydroxylation is 3. The first-order chi connectivity index (χ1) is 13.5. The van der Waals surface area contributed by atoms with Crippen LogP contribution in [0.5, 0.6) is 0 Å². The van der Waals surface area contributed by atoms with E-state index < -0.39 is 10.0 Å². The number of sulfonamides is 1. The molecule has 0 bridgehead atoms. The number of fused-ring (bicyclic) bond motifs is 1. The Bertz CT molecular complexity index is 1070. The minimum absolute atomic E-state index is 0.304. The summed E-state index contributed by atoms with van der Waals surface area (Å²) in [5, 5.41) is 1.23. The molecule has 4 nitrogen and oxygen atoms in total. The highest BCUT2D eigenvalue weighted by Crippen LogP contribution is 2.25. The minimum Gasteiger partial charge on any atom is -0.358 e. The molecule has 0 saturated carbocycles. The fraction of sp³-hybridized carbons (Fsp3) is 0.304. The molecule has 1 aromatic heterocycles. The Kier molecular flexibility index (Phi) is 6.56. The van der Waals surface area contributed by atoms with Crippen LogP contribution in [0.25, 0.3) is 10.9 Å². The van der Waals surface area contributed by atoms with Gasteiger partial charge in [-0.3, -0.25) is 0 Å². The van der Waals surface area contributed by atoms with Gasteiger partial charge in [0.2, 0.25) is 10.0 Å². The lowest BCUT2D eigenvalue weighted by molar-refractivity contribution is 0.578. The molecule has 3 rings (SSSR count). The Hall–Kier alpha value is -2.55. The quantitative estimate of drug-likeness (QED) is 0.419. The third-order valence-corrected chi connectivity index (χ3v) is 6.35. The monoisotopic (exact) mass is 394 g/mol. The van der Waals surface area contributed by atoms with Crippen LogP contribution in [-0.4, -0.2) is 19.9 Å². The fourth-order valence-corrected chi connectivity index (χ4v) is 4.47. The van der Waals surface area contributed by atoms with Crippen LogP contribution in [0.3, 0.4) is 0 Å². The summed E-state index contributed by atoms with van der Waals surface area (Å²) in [5.74, 6) is 2.70. The molecule has 5 heteroatoms. The third kappa shape index (κ3) is 4.83. The van der Waals surface area contributed by atoms with Crippen molar-refractivity contribution >= 4 is 20.9 Å². The minimum atomic E-state index is -3.47. The first-order valence-corrected chi connectivity index (χ1v) is 11.1. The van der Waals surface area contributed by atoms with Gasteiger partial charge in [0, 0.05) is 29.6 Å². The Labute approximate surface area is 167 Å². The van der Waals surface area contributed by atoms with Gasteiger partial charge >= 0.3 is 0 Å². The van der Waals surface area contributed by atoms with Crippen LogP contribution in [0, 0.1) is 19.3 Å². The summed E-state index contributed by atoms with van der Waals surface area (Å²) in [6.45, 7) is 2.33. The number of aromatic amines is 1. The molecule has 0 aliphatic rings. The number of unbranched alkanes of at least 4 members (excludes halogenated alkanes) is 1. The van der Waals surface area contributed by atoms with Crippen molar-refractivity contribution in [2.24, 2.45) is 0 Å². The molecule has 0 amide bonds. The largest absolute Gasteiger partial charge is 0.358 e. The summed E-state index contributed by atoms with van der Waals surface area (Å²) < 4.78 is 27.5. The summed E-state index contributed by atoms with van der Waals surface area (Å²) in [5.41, 5.74) is 4.63. The molecule has 0 saturated heterocycles. The SMILES string of the molecule is C#CCCCc1c(CCCNS(=O)(=O)c2ccc(C)cc2)[nH]c2ccccc12. The zero-order valence-electron chi connectivity index (χ0n) is 16.2. The number of rotatable bonds is 9. The number of benzene rings is 2. The highest BCUT2D eigenvalue weighted by molar-refractivity contribution is 7.89. The number of hydrogen-bond donors (Lipinski definition) is 2. The number of para-hydroxylation sites is 1. The third-order valence-electron chi connectivity index (χ3n) is 4.88. The number of terminal acetylenes is 1. The van der Waals surface area contributed by atoms with Gasteiger partial charge in [-0.2, -0.15) is 0 Å². The Morgan fingerprint density at radius 1 is 1.04 bits per heavy atom. The highest BCUT2D eigenvalue weighted by atomic mass is 32.2. The molecule has 0 radical (unpaired) electrons. The standard InChI is InChI=1S/C23H26N2O2S/c1-3-4-5-9-20-21-10-6-7-11-22(21)25-23(20)12-8-17-24-28(26,27)19-15-13-18(2)14-16-19/h1,6-7,10-11,13-16,24-25H,4-5,8-9,12,17H2,2H3. The van der Waals surface area contributed by atoms with Crippen molar-refractivity contribution < 1.29 is 8.42 Å². The van der Waals surface area contributed by atoms with Crippen molar-refractivity contribution in [3.8, 4) is 12.3 Å². The number of aromatic nitrogens is 1. The van der Waals surface area contributed by atoms with Gasteiger partial charge in [0.25, 0.3) is 0 Å². The van der Waals surface area contributed by atoms with E-state index in [4.69, 9.17) is 6.42 Å². The zero-order chi connectivity index (χ0) is 20.0. The highest BCUT2D eigenvalue weighted by Gasteiger charge is 2.14. The topological polar surface area (TPSA) is 62.0 Å². The summed E-state index contributed by atoms with van der Waals surface area (Å²) >= 11 is 0. The van der Waals surface area contributed by atoms with Gasteiger partial charge in [-0.15, -0.1) is 12.3 Å². The lowest BCUT2D eigenvalue weighted by atomic mass is 10.0. The molecule has 146 valence electrons. The van der Waals surface area contributed by atoms with Crippen LogP contribution in [0.4, 0.5) is 0 Å². The van der Waals surface area contributed by atoms with Gasteiger partial charge < -0.3 is 4.98 Å². The van der Waals surface area contributed by atoms with Gasteiger partial charge in [0.05, 0.1) is 4.90 Å². The predicted molar refractivity (Wildman–Crippen MR) is 115 cm³/mol. The summed E-state index contributed by atoms with van der Waals surface area (Å²) in [7, 11) is -3.47. The van der Waals surface area contributed by atoms with Crippen LogP contribution >= 0.6 is 0 Å². The molecule has 0 fully saturated rings. The van der Waals surface area contributed by atoms with Gasteiger partial charge in [-0.05, 0) is 56.4 Å². The molecule has 0 spiro atoms. The summed E-state index contributed by atoms with van der Waals surface area (Å²) in [6, 6.07) is 15.1. The molecule has 28 heavy (non-hydrogen) atoms. The second kappa shape index (κ2) is 9.09. The van der Waals surface area contributed by atoms with Crippen molar-refractivity contribution in [3.05, 3.63) is 65.4 Å². The molecule has 0 aliphatic heterocycles. The first-order valence-electron chi connectivity index (χ1n) is 9.59. The van der Waals surface area contributed by atoms with E-state index in [1.54, 1.807) is 12.1 Å². The van der Waals surface area contributed by atoms with Gasteiger partial charge in [-0.25, -0.2) is 13.1 Å². The molecular weight excluding hydrogens is 368 g/mol. The molecule has 2 N–H and O–H groups in total. The molecule has 2 aromatic carbocycles. The predicted octanol–water partition coefficient (Wildman–Crippen LogP) is 4.34. The maximum atomic E-state index is 12.4. The lowest BCUT2D eigenvalue weighted by Crippen LogP contribution is -2.25. The van der Waals surface area contributed by atoms with E-state index in [2.05, 4.69) is 27.8 Å². The maximum absolute atomic E-state index is 12.4. The second-order valence-corrected chi connectivity index (χ2v) is 8.77. The zero-order valence-corrected chi connectivity index (χ0v) is 17.0. The van der Waals surface area contributed by atoms with E-state index in [0.717, 1.165) is 43.2 Å². The van der Waals surface area contributed by atoms with E-state index >= 15 is 0 Å². The normalized spacial score (nSPS) is 11.6. The van der Waals surface area contributed by atoms with E-state index in [0.29, 0.717) is 11.4 Å². The van der Waals surface area contributed by atoms with Crippen LogP contribution in [0.1, 0.15) is 36.1 Å². The molecule has 0 aliphatic carbocycles. The maximum Gasteiger partial charge on any atom is 0.240 e. The van der Waals surface area contributed by atoms with E-state index in [1.165, 1.54) is 16.6 Å². The Morgan fingerprint density at radius 3 is 2.54 bits per heavy atom. The van der Waals surface area contributed by atoms with Crippen LogP contribution in [-0.2, 0) is 22.9 Å². The Morgan fingerprint density at radius 2 is 1.79 bits per heavy atom. The van der Waals surface area contributed by atoms with Gasteiger partial charge in [0.1, 0.15) is 0 Å². The summed E-state index contributed by atoms with van der Waals surface area (Å²) in [4.78, 5) is 3.80. The molecular formula is C23H26N2O2S. The lowest BCUT2D eigenvalue weighted by Gasteiger charge is -2.08. The van der Waals surface area contributed by atoms with Crippen LogP contribution in [0.2, 0.25) is 0 Å². The van der Waals surface area contributed by atoms with Crippen molar-refractivity contribution in [1.29, 1.82) is 0 Å². The van der Waals surface area contributed by atoms with Crippen molar-refractivity contribution in [1.82, 2.24) is 9.71 Å². The van der Waals surface area contributed by atoms with Crippen molar-refractivity contribution in [3.63, 3.8) is 0 Å². The molecule has 0 atom stereocenters. The van der Waals surface area contributed by atoms with Gasteiger partial charge in [0.15, 0.2) is 0 Å². The smallest absolute Gasteiger partial charge is 0.240 e. The summed E-state index contributed by atoms with van der Waals surface area (Å²) in [6.07, 6.45) is 9.54. The average molecular weight is 395 g/mol. The van der Waals surface area contributed by atoms with E-state index in [1.807, 2.05) is 31.2 Å². The number of hydrogen-bond acceptors (Lipinski definition) is 2. The van der Waals surface area contributed by atoms with Crippen molar-refractivity contribution in [2.45, 2.75) is 43.9 Å².